The number of rotatable bonds is 4. The average molecular weight is 418 g/mol. The Kier molecular flexibility index (Phi) is 5.89. The molecule has 1 aliphatic rings. The number of likely N-dealkylation sites (tertiary alicyclic amines) is 1. The van der Waals surface area contributed by atoms with Crippen molar-refractivity contribution in [3.63, 3.8) is 0 Å². The lowest BCUT2D eigenvalue weighted by molar-refractivity contribution is 0.0697. The van der Waals surface area contributed by atoms with Crippen LogP contribution in [-0.4, -0.2) is 47.9 Å². The molecule has 2 amide bonds. The molecule has 0 radical (unpaired) electrons. The highest BCUT2D eigenvalue weighted by Gasteiger charge is 2.26. The van der Waals surface area contributed by atoms with E-state index in [-0.39, 0.29) is 17.9 Å². The number of carbonyl (C=O) groups is 2. The van der Waals surface area contributed by atoms with Gasteiger partial charge in [-0.1, -0.05) is 18.2 Å². The number of carbonyl (C=O) groups excluding carboxylic acids is 2. The fraction of sp³-hybridized carbons (Fsp3) is 0.320. The maximum atomic E-state index is 13.2. The number of aryl methyl sites for hydroxylation is 2. The summed E-state index contributed by atoms with van der Waals surface area (Å²) in [6, 6.07) is 15.2. The first-order valence-corrected chi connectivity index (χ1v) is 10.6. The normalized spacial score (nSPS) is 14.5. The number of piperidine rings is 1. The maximum absolute atomic E-state index is 13.2. The first kappa shape index (κ1) is 20.8. The number of hydrogen-bond donors (Lipinski definition) is 1. The van der Waals surface area contributed by atoms with E-state index in [1.54, 1.807) is 7.11 Å². The van der Waals surface area contributed by atoms with Crippen LogP contribution in [0.2, 0.25) is 0 Å². The molecule has 1 saturated heterocycles. The van der Waals surface area contributed by atoms with Crippen molar-refractivity contribution in [3.05, 3.63) is 70.9 Å². The zero-order valence-corrected chi connectivity index (χ0v) is 18.1. The number of fused-ring (bicyclic) bond motifs is 1. The van der Waals surface area contributed by atoms with E-state index in [0.717, 1.165) is 35.1 Å². The summed E-state index contributed by atoms with van der Waals surface area (Å²) in [6.45, 7) is 5.02. The second-order valence-electron chi connectivity index (χ2n) is 8.03. The van der Waals surface area contributed by atoms with Crippen LogP contribution >= 0.6 is 0 Å². The van der Waals surface area contributed by atoms with Gasteiger partial charge in [0.1, 0.15) is 5.75 Å². The monoisotopic (exact) mass is 417 g/mol. The zero-order valence-electron chi connectivity index (χ0n) is 18.1. The molecule has 1 aromatic heterocycles. The third-order valence-electron chi connectivity index (χ3n) is 5.95. The van der Waals surface area contributed by atoms with Crippen LogP contribution in [0.4, 0.5) is 0 Å². The number of pyridine rings is 1. The number of methoxy groups -OCH3 is 1. The van der Waals surface area contributed by atoms with Crippen LogP contribution in [0.3, 0.4) is 0 Å². The van der Waals surface area contributed by atoms with Gasteiger partial charge < -0.3 is 15.0 Å². The van der Waals surface area contributed by atoms with Gasteiger partial charge in [-0.2, -0.15) is 0 Å². The van der Waals surface area contributed by atoms with Gasteiger partial charge in [0.15, 0.2) is 0 Å². The van der Waals surface area contributed by atoms with Gasteiger partial charge in [0.05, 0.1) is 23.9 Å². The molecule has 4 rings (SSSR count). The second kappa shape index (κ2) is 8.76. The third-order valence-corrected chi connectivity index (χ3v) is 5.95. The van der Waals surface area contributed by atoms with Gasteiger partial charge >= 0.3 is 0 Å². The second-order valence-corrected chi connectivity index (χ2v) is 8.03. The van der Waals surface area contributed by atoms with Crippen LogP contribution in [0, 0.1) is 13.8 Å². The van der Waals surface area contributed by atoms with Crippen LogP contribution in [-0.2, 0) is 0 Å². The van der Waals surface area contributed by atoms with Crippen molar-refractivity contribution in [1.82, 2.24) is 15.2 Å². The fourth-order valence-corrected chi connectivity index (χ4v) is 4.07. The number of ether oxygens (including phenoxy) is 1. The summed E-state index contributed by atoms with van der Waals surface area (Å²) in [7, 11) is 1.62. The lowest BCUT2D eigenvalue weighted by Gasteiger charge is -2.32. The number of aromatic nitrogens is 1. The standard InChI is InChI=1S/C25H27N3O3/c1-16-6-4-5-7-21(16)24(29)27-19-10-12-28(13-11-19)25(30)22-14-18-8-9-20(31-3)15-23(18)26-17(22)2/h4-9,14-15,19H,10-13H2,1-3H3,(H,27,29). The highest BCUT2D eigenvalue weighted by molar-refractivity contribution is 5.99. The predicted molar refractivity (Wildman–Crippen MR) is 121 cm³/mol. The summed E-state index contributed by atoms with van der Waals surface area (Å²) < 4.78 is 5.26. The minimum atomic E-state index is -0.0483. The van der Waals surface area contributed by atoms with Gasteiger partial charge in [-0.3, -0.25) is 14.6 Å². The van der Waals surface area contributed by atoms with E-state index in [2.05, 4.69) is 10.3 Å². The van der Waals surface area contributed by atoms with Gasteiger partial charge in [0.2, 0.25) is 0 Å². The van der Waals surface area contributed by atoms with E-state index in [1.165, 1.54) is 0 Å². The topological polar surface area (TPSA) is 71.5 Å². The SMILES string of the molecule is COc1ccc2cc(C(=O)N3CCC(NC(=O)c4ccccc4C)CC3)c(C)nc2c1. The van der Waals surface area contributed by atoms with Crippen molar-refractivity contribution in [2.45, 2.75) is 32.7 Å². The molecule has 0 spiro atoms. The first-order valence-electron chi connectivity index (χ1n) is 10.6. The van der Waals surface area contributed by atoms with Gasteiger partial charge in [0, 0.05) is 36.1 Å². The van der Waals surface area contributed by atoms with Crippen molar-refractivity contribution in [3.8, 4) is 5.75 Å². The van der Waals surface area contributed by atoms with E-state index in [0.29, 0.717) is 29.9 Å². The summed E-state index contributed by atoms with van der Waals surface area (Å²) in [6.07, 6.45) is 1.47. The molecule has 160 valence electrons. The van der Waals surface area contributed by atoms with Crippen molar-refractivity contribution < 1.29 is 14.3 Å². The van der Waals surface area contributed by atoms with Crippen LogP contribution < -0.4 is 10.1 Å². The lowest BCUT2D eigenvalue weighted by atomic mass is 10.0. The Morgan fingerprint density at radius 1 is 1.03 bits per heavy atom. The smallest absolute Gasteiger partial charge is 0.255 e. The Labute approximate surface area is 182 Å². The summed E-state index contributed by atoms with van der Waals surface area (Å²) >= 11 is 0. The number of amides is 2. The molecule has 0 saturated carbocycles. The van der Waals surface area contributed by atoms with Crippen molar-refractivity contribution in [2.75, 3.05) is 20.2 Å². The van der Waals surface area contributed by atoms with Crippen LogP contribution in [0.1, 0.15) is 44.8 Å². The summed E-state index contributed by atoms with van der Waals surface area (Å²) in [5.41, 5.74) is 3.81. The molecule has 0 unspecified atom stereocenters. The Balaban J connectivity index is 1.42. The minimum absolute atomic E-state index is 0.00796. The molecule has 0 atom stereocenters. The van der Waals surface area contributed by atoms with Crippen LogP contribution in [0.25, 0.3) is 10.9 Å². The molecule has 31 heavy (non-hydrogen) atoms. The summed E-state index contributed by atoms with van der Waals surface area (Å²) in [4.78, 5) is 32.2. The third kappa shape index (κ3) is 4.38. The van der Waals surface area contributed by atoms with E-state index in [4.69, 9.17) is 4.74 Å². The van der Waals surface area contributed by atoms with E-state index < -0.39 is 0 Å². The van der Waals surface area contributed by atoms with Gasteiger partial charge in [-0.15, -0.1) is 0 Å². The van der Waals surface area contributed by atoms with Crippen LogP contribution in [0.5, 0.6) is 5.75 Å². The quantitative estimate of drug-likeness (QED) is 0.699. The molecule has 1 fully saturated rings. The van der Waals surface area contributed by atoms with Gasteiger partial charge in [-0.25, -0.2) is 0 Å². The summed E-state index contributed by atoms with van der Waals surface area (Å²) in [5.74, 6) is 0.688. The lowest BCUT2D eigenvalue weighted by Crippen LogP contribution is -2.46. The highest BCUT2D eigenvalue weighted by Crippen LogP contribution is 2.23. The van der Waals surface area contributed by atoms with Gasteiger partial charge in [-0.05, 0) is 56.5 Å². The fourth-order valence-electron chi connectivity index (χ4n) is 4.07. The molecular formula is C25H27N3O3. The average Bonchev–Trinajstić information content (AvgIpc) is 2.78. The Morgan fingerprint density at radius 2 is 1.77 bits per heavy atom. The number of nitrogens with zero attached hydrogens (tertiary/aromatic N) is 2. The molecule has 6 nitrogen and oxygen atoms in total. The molecule has 2 heterocycles. The van der Waals surface area contributed by atoms with Crippen molar-refractivity contribution in [1.29, 1.82) is 0 Å². The molecule has 6 heteroatoms. The molecule has 0 aliphatic carbocycles. The molecule has 1 aliphatic heterocycles. The molecular weight excluding hydrogens is 390 g/mol. The maximum Gasteiger partial charge on any atom is 0.255 e. The Bertz CT molecular complexity index is 1130. The Morgan fingerprint density at radius 3 is 2.48 bits per heavy atom. The largest absolute Gasteiger partial charge is 0.497 e. The van der Waals surface area contributed by atoms with E-state index in [1.807, 2.05) is 67.3 Å². The van der Waals surface area contributed by atoms with Crippen molar-refractivity contribution >= 4 is 22.7 Å². The van der Waals surface area contributed by atoms with E-state index >= 15 is 0 Å². The number of nitrogens with one attached hydrogen (secondary N) is 1. The van der Waals surface area contributed by atoms with Crippen molar-refractivity contribution in [2.24, 2.45) is 0 Å². The first-order chi connectivity index (χ1) is 15.0. The predicted octanol–water partition coefficient (Wildman–Crippen LogP) is 3.89. The molecule has 3 aromatic rings. The van der Waals surface area contributed by atoms with Gasteiger partial charge in [0.25, 0.3) is 11.8 Å². The zero-order chi connectivity index (χ0) is 22.0. The molecule has 1 N–H and O–H groups in total. The number of hydrogen-bond acceptors (Lipinski definition) is 4. The highest BCUT2D eigenvalue weighted by atomic mass is 16.5. The minimum Gasteiger partial charge on any atom is -0.497 e. The number of benzene rings is 2. The molecule has 2 aromatic carbocycles. The van der Waals surface area contributed by atoms with E-state index in [9.17, 15) is 9.59 Å². The molecule has 0 bridgehead atoms. The van der Waals surface area contributed by atoms with Crippen LogP contribution in [0.15, 0.2) is 48.5 Å². The summed E-state index contributed by atoms with van der Waals surface area (Å²) in [5, 5.41) is 4.03. The Hall–Kier alpha value is -3.41.